The molecule has 0 aliphatic heterocycles. The number of rotatable bonds is 8. The fourth-order valence-electron chi connectivity index (χ4n) is 4.33. The number of carbonyl (C=O) groups is 1. The van der Waals surface area contributed by atoms with Crippen molar-refractivity contribution in [2.45, 2.75) is 12.5 Å². The van der Waals surface area contributed by atoms with Crippen molar-refractivity contribution in [1.29, 1.82) is 0 Å². The second kappa shape index (κ2) is 10.4. The molecule has 3 aromatic carbocycles. The Balaban J connectivity index is 1.61. The fourth-order valence-corrected chi connectivity index (χ4v) is 4.33. The first-order valence-electron chi connectivity index (χ1n) is 11.4. The first-order chi connectivity index (χ1) is 16.5. The molecule has 5 heteroatoms. The van der Waals surface area contributed by atoms with Crippen LogP contribution < -0.4 is 4.74 Å². The van der Waals surface area contributed by atoms with Gasteiger partial charge in [-0.25, -0.2) is 0 Å². The highest BCUT2D eigenvalue weighted by Gasteiger charge is 2.18. The Bertz CT molecular complexity index is 1290. The summed E-state index contributed by atoms with van der Waals surface area (Å²) < 4.78 is 7.74. The van der Waals surface area contributed by atoms with Crippen LogP contribution in [0.25, 0.3) is 28.2 Å². The van der Waals surface area contributed by atoms with E-state index >= 15 is 0 Å². The minimum absolute atomic E-state index is 0.112. The molecular formula is C29H30N2O3. The van der Waals surface area contributed by atoms with Gasteiger partial charge in [0.1, 0.15) is 5.75 Å². The molecule has 0 aliphatic carbocycles. The van der Waals surface area contributed by atoms with Crippen LogP contribution in [0.15, 0.2) is 84.9 Å². The maximum atomic E-state index is 12.9. The predicted molar refractivity (Wildman–Crippen MR) is 138 cm³/mol. The lowest BCUT2D eigenvalue weighted by Crippen LogP contribution is -2.27. The number of ether oxygens (including phenoxy) is 1. The molecule has 1 amide bonds. The van der Waals surface area contributed by atoms with E-state index in [-0.39, 0.29) is 5.91 Å². The average Bonchev–Trinajstić information content (AvgIpc) is 3.18. The number of nitrogens with zero attached hydrogens (tertiary/aromatic N) is 2. The van der Waals surface area contributed by atoms with E-state index in [2.05, 4.69) is 16.7 Å². The summed E-state index contributed by atoms with van der Waals surface area (Å²) in [6.07, 6.45) is 3.36. The van der Waals surface area contributed by atoms with Crippen molar-refractivity contribution in [1.82, 2.24) is 9.47 Å². The molecule has 0 saturated carbocycles. The molecule has 1 aromatic heterocycles. The van der Waals surface area contributed by atoms with E-state index < -0.39 is 6.10 Å². The van der Waals surface area contributed by atoms with E-state index in [9.17, 15) is 9.90 Å². The molecule has 0 saturated heterocycles. The van der Waals surface area contributed by atoms with Crippen LogP contribution in [-0.4, -0.2) is 41.2 Å². The molecule has 34 heavy (non-hydrogen) atoms. The second-order valence-electron chi connectivity index (χ2n) is 8.35. The molecular weight excluding hydrogens is 424 g/mol. The molecule has 1 atom stereocenters. The van der Waals surface area contributed by atoms with Crippen molar-refractivity contribution in [3.05, 3.63) is 96.1 Å². The number of methoxy groups -OCH3 is 1. The van der Waals surface area contributed by atoms with E-state index in [0.717, 1.165) is 39.0 Å². The van der Waals surface area contributed by atoms with Gasteiger partial charge < -0.3 is 19.3 Å². The predicted octanol–water partition coefficient (Wildman–Crippen LogP) is 5.45. The third-order valence-corrected chi connectivity index (χ3v) is 6.17. The zero-order chi connectivity index (χ0) is 24.1. The number of aryl methyl sites for hydroxylation is 1. The van der Waals surface area contributed by atoms with Crippen molar-refractivity contribution in [3.8, 4) is 17.0 Å². The number of hydrogen-bond acceptors (Lipinski definition) is 3. The van der Waals surface area contributed by atoms with Gasteiger partial charge in [-0.15, -0.1) is 0 Å². The average molecular weight is 455 g/mol. The molecule has 5 nitrogen and oxygen atoms in total. The maximum absolute atomic E-state index is 12.9. The first-order valence-corrected chi connectivity index (χ1v) is 11.4. The van der Waals surface area contributed by atoms with Crippen molar-refractivity contribution in [2.75, 3.05) is 20.7 Å². The lowest BCUT2D eigenvalue weighted by atomic mass is 10.0. The van der Waals surface area contributed by atoms with Crippen molar-refractivity contribution >= 4 is 22.9 Å². The van der Waals surface area contributed by atoms with Crippen LogP contribution in [0.2, 0.25) is 0 Å². The number of para-hydroxylation sites is 1. The third-order valence-electron chi connectivity index (χ3n) is 6.17. The van der Waals surface area contributed by atoms with Crippen LogP contribution in [0.3, 0.4) is 0 Å². The zero-order valence-electron chi connectivity index (χ0n) is 19.8. The Hall–Kier alpha value is -3.83. The number of fused-ring (bicyclic) bond motifs is 1. The van der Waals surface area contributed by atoms with E-state index in [1.807, 2.05) is 79.9 Å². The Kier molecular flexibility index (Phi) is 7.14. The smallest absolute Gasteiger partial charge is 0.246 e. The zero-order valence-corrected chi connectivity index (χ0v) is 19.8. The standard InChI is InChI=1S/C29H30N2O3/c1-30(20-19-25(32)21-11-6-4-7-12-21)27(33)18-17-24-23-15-10-16-26(34-3)29(23)31(2)28(24)22-13-8-5-9-14-22/h4-18,25,32H,19-20H2,1-3H3/b18-17+. The topological polar surface area (TPSA) is 54.7 Å². The number of aliphatic hydroxyl groups is 1. The van der Waals surface area contributed by atoms with Crippen LogP contribution in [0.1, 0.15) is 23.7 Å². The van der Waals surface area contributed by atoms with E-state index in [0.29, 0.717) is 13.0 Å². The van der Waals surface area contributed by atoms with Crippen LogP contribution in [0, 0.1) is 0 Å². The summed E-state index contributed by atoms with van der Waals surface area (Å²) in [5.74, 6) is 0.675. The number of hydrogen-bond donors (Lipinski definition) is 1. The van der Waals surface area contributed by atoms with E-state index in [4.69, 9.17) is 4.74 Å². The summed E-state index contributed by atoms with van der Waals surface area (Å²) in [4.78, 5) is 14.5. The van der Waals surface area contributed by atoms with Gasteiger partial charge in [-0.1, -0.05) is 72.8 Å². The van der Waals surface area contributed by atoms with Gasteiger partial charge in [0.25, 0.3) is 0 Å². The minimum Gasteiger partial charge on any atom is -0.495 e. The van der Waals surface area contributed by atoms with Gasteiger partial charge in [-0.05, 0) is 29.7 Å². The molecule has 4 rings (SSSR count). The highest BCUT2D eigenvalue weighted by atomic mass is 16.5. The number of aliphatic hydroxyl groups excluding tert-OH is 1. The highest BCUT2D eigenvalue weighted by molar-refractivity contribution is 6.03. The maximum Gasteiger partial charge on any atom is 0.246 e. The van der Waals surface area contributed by atoms with Gasteiger partial charge in [0.15, 0.2) is 0 Å². The van der Waals surface area contributed by atoms with Crippen molar-refractivity contribution in [2.24, 2.45) is 7.05 Å². The fraction of sp³-hybridized carbons (Fsp3) is 0.207. The summed E-state index contributed by atoms with van der Waals surface area (Å²) >= 11 is 0. The van der Waals surface area contributed by atoms with Gasteiger partial charge in [-0.3, -0.25) is 4.79 Å². The Morgan fingerprint density at radius 2 is 1.71 bits per heavy atom. The van der Waals surface area contributed by atoms with Gasteiger partial charge in [0.2, 0.25) is 5.91 Å². The lowest BCUT2D eigenvalue weighted by Gasteiger charge is -2.18. The number of likely N-dealkylation sites (N-methyl/N-ethyl adjacent to an activating group) is 1. The molecule has 174 valence electrons. The molecule has 0 fully saturated rings. The molecule has 1 heterocycles. The Morgan fingerprint density at radius 3 is 2.38 bits per heavy atom. The summed E-state index contributed by atoms with van der Waals surface area (Å²) in [5, 5.41) is 11.4. The number of aromatic nitrogens is 1. The van der Waals surface area contributed by atoms with Crippen LogP contribution in [0.5, 0.6) is 5.75 Å². The monoisotopic (exact) mass is 454 g/mol. The normalized spacial score (nSPS) is 12.2. The second-order valence-corrected chi connectivity index (χ2v) is 8.35. The van der Waals surface area contributed by atoms with Crippen molar-refractivity contribution < 1.29 is 14.6 Å². The van der Waals surface area contributed by atoms with Crippen LogP contribution in [-0.2, 0) is 11.8 Å². The van der Waals surface area contributed by atoms with Gasteiger partial charge in [0.05, 0.1) is 24.4 Å². The number of amides is 1. The lowest BCUT2D eigenvalue weighted by molar-refractivity contribution is -0.125. The van der Waals surface area contributed by atoms with Crippen LogP contribution in [0.4, 0.5) is 0 Å². The van der Waals surface area contributed by atoms with E-state index in [1.165, 1.54) is 0 Å². The van der Waals surface area contributed by atoms with Gasteiger partial charge >= 0.3 is 0 Å². The number of benzene rings is 3. The van der Waals surface area contributed by atoms with E-state index in [1.54, 1.807) is 25.1 Å². The summed E-state index contributed by atoms with van der Waals surface area (Å²) in [6, 6.07) is 25.6. The summed E-state index contributed by atoms with van der Waals surface area (Å²) in [5.41, 5.74) is 4.89. The largest absolute Gasteiger partial charge is 0.495 e. The minimum atomic E-state index is -0.601. The van der Waals surface area contributed by atoms with Crippen molar-refractivity contribution in [3.63, 3.8) is 0 Å². The Labute approximate surface area is 200 Å². The summed E-state index contributed by atoms with van der Waals surface area (Å²) in [6.45, 7) is 0.453. The molecule has 0 bridgehead atoms. The molecule has 0 aliphatic rings. The first kappa shape index (κ1) is 23.3. The molecule has 0 spiro atoms. The summed E-state index contributed by atoms with van der Waals surface area (Å²) in [7, 11) is 5.44. The molecule has 0 radical (unpaired) electrons. The Morgan fingerprint density at radius 1 is 1.03 bits per heavy atom. The number of carbonyl (C=O) groups excluding carboxylic acids is 1. The third kappa shape index (κ3) is 4.75. The molecule has 4 aromatic rings. The molecule has 1 unspecified atom stereocenters. The quantitative estimate of drug-likeness (QED) is 0.360. The SMILES string of the molecule is COc1cccc2c(/C=C/C(=O)N(C)CCC(O)c3ccccc3)c(-c3ccccc3)n(C)c12. The van der Waals surface area contributed by atoms with Gasteiger partial charge in [0, 0.05) is 37.7 Å². The van der Waals surface area contributed by atoms with Crippen LogP contribution >= 0.6 is 0 Å². The highest BCUT2D eigenvalue weighted by Crippen LogP contribution is 2.38. The molecule has 1 N–H and O–H groups in total. The van der Waals surface area contributed by atoms with Gasteiger partial charge in [-0.2, -0.15) is 0 Å².